The average Bonchev–Trinajstić information content (AvgIpc) is 3.00. The molecule has 1 aromatic heterocycles. The first-order valence-corrected chi connectivity index (χ1v) is 9.79. The fourth-order valence-electron chi connectivity index (χ4n) is 2.26. The van der Waals surface area contributed by atoms with E-state index in [1.165, 1.54) is 36.6 Å². The number of anilines is 1. The molecule has 0 radical (unpaired) electrons. The van der Waals surface area contributed by atoms with E-state index in [-0.39, 0.29) is 17.0 Å². The van der Waals surface area contributed by atoms with E-state index in [4.69, 9.17) is 11.6 Å². The van der Waals surface area contributed by atoms with Gasteiger partial charge in [-0.1, -0.05) is 44.5 Å². The van der Waals surface area contributed by atoms with Gasteiger partial charge in [-0.25, -0.2) is 4.79 Å². The first-order valence-electron chi connectivity index (χ1n) is 8.60. The van der Waals surface area contributed by atoms with Crippen molar-refractivity contribution >= 4 is 52.7 Å². The summed E-state index contributed by atoms with van der Waals surface area (Å²) in [6, 6.07) is 4.13. The average molecular weight is 410 g/mol. The number of halogens is 1. The molecule has 0 bridgehead atoms. The van der Waals surface area contributed by atoms with Gasteiger partial charge in [0.05, 0.1) is 23.4 Å². The van der Waals surface area contributed by atoms with Crippen LogP contribution in [-0.2, 0) is 4.74 Å². The van der Waals surface area contributed by atoms with Crippen LogP contribution in [0.25, 0.3) is 12.2 Å². The molecule has 146 valence electrons. The van der Waals surface area contributed by atoms with E-state index in [1.807, 2.05) is 39.8 Å². The van der Waals surface area contributed by atoms with Crippen LogP contribution in [0.15, 0.2) is 18.2 Å². The largest absolute Gasteiger partial charge is 0.506 e. The van der Waals surface area contributed by atoms with Crippen molar-refractivity contribution in [2.75, 3.05) is 12.4 Å². The van der Waals surface area contributed by atoms with E-state index in [1.54, 1.807) is 0 Å². The van der Waals surface area contributed by atoms with Crippen LogP contribution < -0.4 is 15.1 Å². The SMILES string of the molecule is C/C=c1/sc(C(=O)Nc2ccc(C(=O)OC)cc2O)c(Cl)/c1=C/CC.CC. The summed E-state index contributed by atoms with van der Waals surface area (Å²) < 4.78 is 5.51. The lowest BCUT2D eigenvalue weighted by atomic mass is 10.2. The Bertz CT molecular complexity index is 934. The molecule has 1 aromatic carbocycles. The maximum atomic E-state index is 12.5. The predicted octanol–water partition coefficient (Wildman–Crippen LogP) is 4.16. The summed E-state index contributed by atoms with van der Waals surface area (Å²) in [5, 5.41) is 13.9. The second kappa shape index (κ2) is 10.7. The predicted molar refractivity (Wildman–Crippen MR) is 112 cm³/mol. The molecule has 0 unspecified atom stereocenters. The highest BCUT2D eigenvalue weighted by molar-refractivity contribution is 7.12. The van der Waals surface area contributed by atoms with Crippen LogP contribution in [0.4, 0.5) is 5.69 Å². The molecule has 0 saturated heterocycles. The third-order valence-corrected chi connectivity index (χ3v) is 5.23. The van der Waals surface area contributed by atoms with Crippen LogP contribution in [0.2, 0.25) is 5.02 Å². The van der Waals surface area contributed by atoms with Crippen molar-refractivity contribution in [3.05, 3.63) is 43.4 Å². The minimum absolute atomic E-state index is 0.185. The van der Waals surface area contributed by atoms with Gasteiger partial charge in [-0.15, -0.1) is 11.3 Å². The Hall–Kier alpha value is -2.31. The van der Waals surface area contributed by atoms with Crippen LogP contribution in [0.5, 0.6) is 5.75 Å². The molecule has 7 heteroatoms. The monoisotopic (exact) mass is 409 g/mol. The molecular formula is C20H24ClNO4S. The van der Waals surface area contributed by atoms with E-state index >= 15 is 0 Å². The Balaban J connectivity index is 0.00000176. The molecular weight excluding hydrogens is 386 g/mol. The number of rotatable bonds is 4. The number of phenols is 1. The van der Waals surface area contributed by atoms with Gasteiger partial charge in [-0.05, 0) is 31.5 Å². The van der Waals surface area contributed by atoms with Gasteiger partial charge in [0.25, 0.3) is 5.91 Å². The minimum atomic E-state index is -0.572. The van der Waals surface area contributed by atoms with Gasteiger partial charge in [-0.3, -0.25) is 4.79 Å². The normalized spacial score (nSPS) is 11.6. The standard InChI is InChI=1S/C18H18ClNO4S.C2H6/c1-4-6-11-14(5-2)25-16(15(11)19)17(22)20-12-8-7-10(9-13(12)21)18(23)24-3;1-2/h5-9,21H,4H2,1-3H3,(H,20,22);1-2H3/b11-6+,14-5+;. The Morgan fingerprint density at radius 3 is 2.52 bits per heavy atom. The first kappa shape index (κ1) is 22.7. The number of nitrogens with one attached hydrogen (secondary N) is 1. The van der Waals surface area contributed by atoms with E-state index in [9.17, 15) is 14.7 Å². The van der Waals surface area contributed by atoms with Crippen LogP contribution in [0, 0.1) is 0 Å². The molecule has 0 aliphatic heterocycles. The molecule has 0 fully saturated rings. The summed E-state index contributed by atoms with van der Waals surface area (Å²) in [5.74, 6) is -1.22. The number of methoxy groups -OCH3 is 1. The van der Waals surface area contributed by atoms with E-state index in [0.29, 0.717) is 9.90 Å². The van der Waals surface area contributed by atoms with Gasteiger partial charge in [0.15, 0.2) is 0 Å². The molecule has 1 heterocycles. The van der Waals surface area contributed by atoms with E-state index < -0.39 is 11.9 Å². The smallest absolute Gasteiger partial charge is 0.337 e. The van der Waals surface area contributed by atoms with E-state index in [0.717, 1.165) is 16.2 Å². The fourth-order valence-corrected chi connectivity index (χ4v) is 3.67. The number of thiophene rings is 1. The highest BCUT2D eigenvalue weighted by atomic mass is 35.5. The molecule has 2 N–H and O–H groups in total. The Labute approximate surface area is 167 Å². The van der Waals surface area contributed by atoms with Gasteiger partial charge in [-0.2, -0.15) is 0 Å². The molecule has 0 atom stereocenters. The summed E-state index contributed by atoms with van der Waals surface area (Å²) in [6.07, 6.45) is 4.67. The van der Waals surface area contributed by atoms with Gasteiger partial charge in [0, 0.05) is 9.75 Å². The Morgan fingerprint density at radius 1 is 1.33 bits per heavy atom. The van der Waals surface area contributed by atoms with Crippen molar-refractivity contribution in [2.45, 2.75) is 34.1 Å². The third kappa shape index (κ3) is 5.34. The molecule has 0 saturated carbocycles. The number of carbonyl (C=O) groups excluding carboxylic acids is 2. The molecule has 1 amide bonds. The molecule has 0 aliphatic carbocycles. The highest BCUT2D eigenvalue weighted by Gasteiger charge is 2.17. The summed E-state index contributed by atoms with van der Waals surface area (Å²) in [5.41, 5.74) is 0.375. The van der Waals surface area contributed by atoms with Gasteiger partial charge in [0.2, 0.25) is 0 Å². The van der Waals surface area contributed by atoms with Crippen molar-refractivity contribution in [2.24, 2.45) is 0 Å². The highest BCUT2D eigenvalue weighted by Crippen LogP contribution is 2.26. The van der Waals surface area contributed by atoms with Crippen molar-refractivity contribution in [3.8, 4) is 5.75 Å². The number of aromatic hydroxyl groups is 1. The zero-order valence-corrected chi connectivity index (χ0v) is 17.6. The summed E-state index contributed by atoms with van der Waals surface area (Å²) >= 11 is 7.63. The Morgan fingerprint density at radius 2 is 2.00 bits per heavy atom. The maximum absolute atomic E-state index is 12.5. The quantitative estimate of drug-likeness (QED) is 0.587. The first-order chi connectivity index (χ1) is 12.9. The van der Waals surface area contributed by atoms with Crippen molar-refractivity contribution in [1.29, 1.82) is 0 Å². The number of ether oxygens (including phenoxy) is 1. The lowest BCUT2D eigenvalue weighted by Gasteiger charge is -2.08. The topological polar surface area (TPSA) is 75.6 Å². The molecule has 2 rings (SSSR count). The zero-order valence-electron chi connectivity index (χ0n) is 16.1. The Kier molecular flexibility index (Phi) is 9.05. The summed E-state index contributed by atoms with van der Waals surface area (Å²) in [7, 11) is 1.25. The van der Waals surface area contributed by atoms with Crippen molar-refractivity contribution in [3.63, 3.8) is 0 Å². The van der Waals surface area contributed by atoms with E-state index in [2.05, 4.69) is 10.1 Å². The number of esters is 1. The van der Waals surface area contributed by atoms with Crippen LogP contribution in [0.1, 0.15) is 54.1 Å². The summed E-state index contributed by atoms with van der Waals surface area (Å²) in [4.78, 5) is 24.4. The number of hydrogen-bond acceptors (Lipinski definition) is 5. The number of amides is 1. The van der Waals surface area contributed by atoms with Crippen LogP contribution >= 0.6 is 22.9 Å². The van der Waals surface area contributed by atoms with Gasteiger partial charge in [0.1, 0.15) is 10.6 Å². The third-order valence-electron chi connectivity index (χ3n) is 3.46. The minimum Gasteiger partial charge on any atom is -0.506 e. The second-order valence-corrected chi connectivity index (χ2v) is 6.53. The van der Waals surface area contributed by atoms with Crippen molar-refractivity contribution in [1.82, 2.24) is 0 Å². The maximum Gasteiger partial charge on any atom is 0.337 e. The van der Waals surface area contributed by atoms with Crippen LogP contribution in [0.3, 0.4) is 0 Å². The van der Waals surface area contributed by atoms with Gasteiger partial charge < -0.3 is 15.2 Å². The number of benzene rings is 1. The van der Waals surface area contributed by atoms with Crippen LogP contribution in [-0.4, -0.2) is 24.1 Å². The number of hydrogen-bond donors (Lipinski definition) is 2. The summed E-state index contributed by atoms with van der Waals surface area (Å²) in [6.45, 7) is 7.88. The zero-order chi connectivity index (χ0) is 20.6. The lowest BCUT2D eigenvalue weighted by Crippen LogP contribution is -2.18. The molecule has 5 nitrogen and oxygen atoms in total. The molecule has 2 aromatic rings. The second-order valence-electron chi connectivity index (χ2n) is 5.10. The molecule has 0 aliphatic rings. The molecule has 27 heavy (non-hydrogen) atoms. The fraction of sp³-hybridized carbons (Fsp3) is 0.300. The van der Waals surface area contributed by atoms with Gasteiger partial charge >= 0.3 is 5.97 Å². The molecule has 0 spiro atoms. The number of phenolic OH excluding ortho intramolecular Hbond substituents is 1. The lowest BCUT2D eigenvalue weighted by molar-refractivity contribution is 0.0600. The number of carbonyl (C=O) groups is 2. The van der Waals surface area contributed by atoms with Crippen molar-refractivity contribution < 1.29 is 19.4 Å².